The molecule has 3 aromatic heterocycles. The van der Waals surface area contributed by atoms with Crippen LogP contribution in [0, 0.1) is 0 Å². The fraction of sp³-hybridized carbons (Fsp3) is 0.524. The Hall–Kier alpha value is -2.43. The van der Waals surface area contributed by atoms with Crippen molar-refractivity contribution in [3.05, 3.63) is 41.2 Å². The SMILES string of the molecule is Cn1cnc(SN2CCC(Nc3ncc4ccc(=O)[nH]c4n3)CC2)c1.OC1CCCC1. The molecule has 166 valence electrons. The zero-order chi connectivity index (χ0) is 21.6. The van der Waals surface area contributed by atoms with Gasteiger partial charge in [0.05, 0.1) is 12.4 Å². The first kappa shape index (κ1) is 21.8. The fourth-order valence-electron chi connectivity index (χ4n) is 3.75. The van der Waals surface area contributed by atoms with Gasteiger partial charge >= 0.3 is 0 Å². The number of piperidine rings is 1. The highest BCUT2D eigenvalue weighted by Gasteiger charge is 2.21. The Balaban J connectivity index is 0.000000334. The van der Waals surface area contributed by atoms with Gasteiger partial charge in [-0.1, -0.05) is 12.8 Å². The molecule has 0 radical (unpaired) electrons. The van der Waals surface area contributed by atoms with Crippen molar-refractivity contribution in [2.75, 3.05) is 18.4 Å². The van der Waals surface area contributed by atoms with Crippen LogP contribution in [0.2, 0.25) is 0 Å². The number of imidazole rings is 1. The largest absolute Gasteiger partial charge is 0.393 e. The van der Waals surface area contributed by atoms with Crippen LogP contribution in [0.3, 0.4) is 0 Å². The van der Waals surface area contributed by atoms with Gasteiger partial charge in [-0.2, -0.15) is 4.98 Å². The van der Waals surface area contributed by atoms with E-state index in [1.54, 1.807) is 24.2 Å². The van der Waals surface area contributed by atoms with Gasteiger partial charge in [-0.15, -0.1) is 0 Å². The highest BCUT2D eigenvalue weighted by atomic mass is 32.2. The Kier molecular flexibility index (Phi) is 7.21. The predicted molar refractivity (Wildman–Crippen MR) is 122 cm³/mol. The van der Waals surface area contributed by atoms with Crippen LogP contribution >= 0.6 is 11.9 Å². The van der Waals surface area contributed by atoms with Crippen LogP contribution in [0.1, 0.15) is 38.5 Å². The van der Waals surface area contributed by atoms with Crippen molar-refractivity contribution in [3.63, 3.8) is 0 Å². The van der Waals surface area contributed by atoms with E-state index in [0.29, 0.717) is 17.6 Å². The van der Waals surface area contributed by atoms with E-state index in [2.05, 4.69) is 29.6 Å². The van der Waals surface area contributed by atoms with Gasteiger partial charge in [-0.25, -0.2) is 14.3 Å². The zero-order valence-electron chi connectivity index (χ0n) is 17.7. The number of rotatable bonds is 4. The molecule has 1 aliphatic carbocycles. The number of aliphatic hydroxyl groups is 1. The molecular weight excluding hydrogens is 414 g/mol. The average Bonchev–Trinajstić information content (AvgIpc) is 3.40. The molecule has 0 atom stereocenters. The Bertz CT molecular complexity index is 1040. The van der Waals surface area contributed by atoms with Crippen LogP contribution in [-0.2, 0) is 7.05 Å². The van der Waals surface area contributed by atoms with Crippen molar-refractivity contribution >= 4 is 28.9 Å². The molecule has 0 amide bonds. The number of aromatic amines is 1. The molecule has 0 unspecified atom stereocenters. The first-order chi connectivity index (χ1) is 15.0. The number of anilines is 1. The van der Waals surface area contributed by atoms with Gasteiger partial charge in [0.1, 0.15) is 10.7 Å². The van der Waals surface area contributed by atoms with Crippen LogP contribution in [0.25, 0.3) is 11.0 Å². The molecule has 31 heavy (non-hydrogen) atoms. The minimum absolute atomic E-state index is 0.0463. The third-order valence-corrected chi connectivity index (χ3v) is 6.51. The summed E-state index contributed by atoms with van der Waals surface area (Å²) in [4.78, 5) is 27.3. The number of fused-ring (bicyclic) bond motifs is 1. The van der Waals surface area contributed by atoms with Crippen molar-refractivity contribution in [1.29, 1.82) is 0 Å². The van der Waals surface area contributed by atoms with E-state index in [1.807, 2.05) is 24.1 Å². The Morgan fingerprint density at radius 3 is 2.58 bits per heavy atom. The third-order valence-electron chi connectivity index (χ3n) is 5.49. The quantitative estimate of drug-likeness (QED) is 0.528. The predicted octanol–water partition coefficient (Wildman–Crippen LogP) is 2.56. The van der Waals surface area contributed by atoms with E-state index in [-0.39, 0.29) is 11.7 Å². The summed E-state index contributed by atoms with van der Waals surface area (Å²) in [5.74, 6) is 0.560. The molecule has 3 N–H and O–H groups in total. The molecule has 0 spiro atoms. The number of aryl methyl sites for hydroxylation is 1. The fourth-order valence-corrected chi connectivity index (χ4v) is 4.72. The lowest BCUT2D eigenvalue weighted by Gasteiger charge is -2.30. The van der Waals surface area contributed by atoms with Crippen molar-refractivity contribution < 1.29 is 5.11 Å². The maximum Gasteiger partial charge on any atom is 0.249 e. The average molecular weight is 444 g/mol. The third kappa shape index (κ3) is 6.28. The standard InChI is InChI=1S/C16H19N7OS.C5H10O/c1-22-9-14(18-10-22)25-23-6-4-12(5-7-23)19-16-17-8-11-2-3-13(24)20-15(11)21-16;6-5-3-1-2-4-5/h2-3,8-10,12H,4-7H2,1H3,(H2,17,19,20,21,24);5-6H,1-4H2. The molecule has 10 heteroatoms. The summed E-state index contributed by atoms with van der Waals surface area (Å²) >= 11 is 1.70. The molecule has 3 aromatic rings. The molecule has 4 heterocycles. The maximum atomic E-state index is 11.4. The normalized spacial score (nSPS) is 18.1. The maximum absolute atomic E-state index is 11.4. The lowest BCUT2D eigenvalue weighted by molar-refractivity contribution is 0.183. The molecule has 1 saturated carbocycles. The smallest absolute Gasteiger partial charge is 0.249 e. The monoisotopic (exact) mass is 443 g/mol. The van der Waals surface area contributed by atoms with E-state index in [4.69, 9.17) is 5.11 Å². The van der Waals surface area contributed by atoms with E-state index >= 15 is 0 Å². The van der Waals surface area contributed by atoms with E-state index < -0.39 is 0 Å². The second-order valence-electron chi connectivity index (χ2n) is 8.07. The Morgan fingerprint density at radius 1 is 1.16 bits per heavy atom. The van der Waals surface area contributed by atoms with Crippen molar-refractivity contribution in [1.82, 2.24) is 28.8 Å². The van der Waals surface area contributed by atoms with Crippen LogP contribution in [0.4, 0.5) is 5.95 Å². The molecule has 2 fully saturated rings. The van der Waals surface area contributed by atoms with Crippen LogP contribution in [0.15, 0.2) is 40.7 Å². The first-order valence-electron chi connectivity index (χ1n) is 10.8. The lowest BCUT2D eigenvalue weighted by Crippen LogP contribution is -2.36. The molecule has 9 nitrogen and oxygen atoms in total. The van der Waals surface area contributed by atoms with Gasteiger partial charge in [0.25, 0.3) is 0 Å². The summed E-state index contributed by atoms with van der Waals surface area (Å²) in [6, 6.07) is 3.53. The van der Waals surface area contributed by atoms with Crippen molar-refractivity contribution in [3.8, 4) is 0 Å². The Labute approximate surface area is 185 Å². The number of hydrogen-bond donors (Lipinski definition) is 3. The first-order valence-corrected chi connectivity index (χ1v) is 11.5. The van der Waals surface area contributed by atoms with E-state index in [9.17, 15) is 4.79 Å². The summed E-state index contributed by atoms with van der Waals surface area (Å²) in [6.45, 7) is 1.95. The molecule has 0 aromatic carbocycles. The highest BCUT2D eigenvalue weighted by Crippen LogP contribution is 2.25. The summed E-state index contributed by atoms with van der Waals surface area (Å²) in [5.41, 5.74) is 0.408. The van der Waals surface area contributed by atoms with Gasteiger partial charge in [-0.3, -0.25) is 4.79 Å². The minimum Gasteiger partial charge on any atom is -0.393 e. The van der Waals surface area contributed by atoms with Crippen LogP contribution in [-0.4, -0.2) is 59.2 Å². The number of aromatic nitrogens is 5. The van der Waals surface area contributed by atoms with E-state index in [0.717, 1.165) is 49.2 Å². The van der Waals surface area contributed by atoms with Gasteiger partial charge in [-0.05, 0) is 43.7 Å². The Morgan fingerprint density at radius 2 is 1.94 bits per heavy atom. The van der Waals surface area contributed by atoms with Crippen LogP contribution in [0.5, 0.6) is 0 Å². The molecule has 5 rings (SSSR count). The molecule has 1 saturated heterocycles. The summed E-state index contributed by atoms with van der Waals surface area (Å²) in [7, 11) is 1.98. The second kappa shape index (κ2) is 10.3. The molecule has 2 aliphatic rings. The number of H-pyrrole nitrogens is 1. The van der Waals surface area contributed by atoms with Crippen molar-refractivity contribution in [2.45, 2.75) is 55.7 Å². The minimum atomic E-state index is -0.156. The number of nitrogens with zero attached hydrogens (tertiary/aromatic N) is 5. The summed E-state index contributed by atoms with van der Waals surface area (Å²) in [6.07, 6.45) is 12.2. The number of hydrogen-bond acceptors (Lipinski definition) is 8. The number of nitrogens with one attached hydrogen (secondary N) is 2. The second-order valence-corrected chi connectivity index (χ2v) is 9.19. The van der Waals surface area contributed by atoms with Gasteiger partial charge < -0.3 is 20.0 Å². The van der Waals surface area contributed by atoms with Gasteiger partial charge in [0.15, 0.2) is 0 Å². The molecular formula is C21H29N7O2S. The number of aliphatic hydroxyl groups excluding tert-OH is 1. The highest BCUT2D eigenvalue weighted by molar-refractivity contribution is 7.97. The zero-order valence-corrected chi connectivity index (χ0v) is 18.5. The van der Waals surface area contributed by atoms with E-state index in [1.165, 1.54) is 18.9 Å². The number of pyridine rings is 1. The van der Waals surface area contributed by atoms with Crippen LogP contribution < -0.4 is 10.9 Å². The molecule has 0 bridgehead atoms. The topological polar surface area (TPSA) is 112 Å². The molecule has 1 aliphatic heterocycles. The van der Waals surface area contributed by atoms with Crippen molar-refractivity contribution in [2.24, 2.45) is 7.05 Å². The van der Waals surface area contributed by atoms with Gasteiger partial charge in [0.2, 0.25) is 11.5 Å². The summed E-state index contributed by atoms with van der Waals surface area (Å²) < 4.78 is 4.29. The van der Waals surface area contributed by atoms with Gasteiger partial charge in [0, 0.05) is 50.0 Å². The summed E-state index contributed by atoms with van der Waals surface area (Å²) in [5, 5.41) is 14.0. The lowest BCUT2D eigenvalue weighted by atomic mass is 10.1.